The van der Waals surface area contributed by atoms with Gasteiger partial charge in [-0.2, -0.15) is 0 Å². The van der Waals surface area contributed by atoms with Crippen molar-refractivity contribution < 1.29 is 4.42 Å². The topological polar surface area (TPSA) is 50.2 Å². The molecule has 1 aromatic heterocycles. The number of para-hydroxylation sites is 1. The summed E-state index contributed by atoms with van der Waals surface area (Å²) in [4.78, 5) is 15.3. The SMILES string of the molecule is C=N/C(=N\C(=N/Cc1ccc2oc3ccccc3c2c1)c1cccc(C)c1-c1ccccc1C)c1ccccc1C1=C(C2=CC=CC=CC2)CC=CC=C1. The number of hydrogen-bond donors (Lipinski definition) is 0. The average molecular weight is 700 g/mol. The molecular formula is C50H41N3O. The van der Waals surface area contributed by atoms with Gasteiger partial charge in [-0.1, -0.05) is 146 Å². The molecule has 0 amide bonds. The summed E-state index contributed by atoms with van der Waals surface area (Å²) in [5, 5.41) is 2.17. The van der Waals surface area contributed by atoms with Crippen molar-refractivity contribution in [1.82, 2.24) is 0 Å². The second kappa shape index (κ2) is 15.5. The molecule has 0 saturated heterocycles. The van der Waals surface area contributed by atoms with Gasteiger partial charge in [0.25, 0.3) is 0 Å². The van der Waals surface area contributed by atoms with Crippen molar-refractivity contribution in [3.8, 4) is 11.1 Å². The highest BCUT2D eigenvalue weighted by molar-refractivity contribution is 6.16. The zero-order chi connectivity index (χ0) is 36.9. The van der Waals surface area contributed by atoms with Crippen molar-refractivity contribution in [1.29, 1.82) is 0 Å². The molecule has 0 spiro atoms. The zero-order valence-corrected chi connectivity index (χ0v) is 30.7. The normalized spacial score (nSPS) is 14.8. The van der Waals surface area contributed by atoms with Gasteiger partial charge in [0.1, 0.15) is 11.2 Å². The number of aliphatic imine (C=N–C) groups is 3. The Morgan fingerprint density at radius 2 is 1.39 bits per heavy atom. The Kier molecular flexibility index (Phi) is 9.90. The predicted molar refractivity (Wildman–Crippen MR) is 229 cm³/mol. The number of nitrogens with zero attached hydrogens (tertiary/aromatic N) is 3. The third-order valence-electron chi connectivity index (χ3n) is 10.1. The first-order chi connectivity index (χ1) is 26.6. The molecular weight excluding hydrogens is 659 g/mol. The molecule has 0 atom stereocenters. The van der Waals surface area contributed by atoms with Crippen LogP contribution >= 0.6 is 0 Å². The Hall–Kier alpha value is -6.65. The molecule has 0 fully saturated rings. The third kappa shape index (κ3) is 6.94. The monoisotopic (exact) mass is 699 g/mol. The molecule has 6 aromatic rings. The minimum absolute atomic E-state index is 0.417. The summed E-state index contributed by atoms with van der Waals surface area (Å²) >= 11 is 0. The van der Waals surface area contributed by atoms with Crippen molar-refractivity contribution in [2.75, 3.05) is 0 Å². The fourth-order valence-electron chi connectivity index (χ4n) is 7.46. The number of amidine groups is 2. The Morgan fingerprint density at radius 1 is 0.648 bits per heavy atom. The molecule has 0 aliphatic heterocycles. The van der Waals surface area contributed by atoms with Crippen LogP contribution in [0.3, 0.4) is 0 Å². The first-order valence-electron chi connectivity index (χ1n) is 18.4. The van der Waals surface area contributed by atoms with Crippen LogP contribution in [0.25, 0.3) is 38.6 Å². The highest BCUT2D eigenvalue weighted by atomic mass is 16.3. The van der Waals surface area contributed by atoms with Crippen molar-refractivity contribution in [3.05, 3.63) is 208 Å². The molecule has 5 aromatic carbocycles. The van der Waals surface area contributed by atoms with E-state index in [1.807, 2.05) is 30.3 Å². The first kappa shape index (κ1) is 34.4. The molecule has 8 rings (SSSR count). The van der Waals surface area contributed by atoms with E-state index in [0.29, 0.717) is 18.2 Å². The molecule has 4 heteroatoms. The lowest BCUT2D eigenvalue weighted by Gasteiger charge is -2.18. The first-order valence-corrected chi connectivity index (χ1v) is 18.4. The predicted octanol–water partition coefficient (Wildman–Crippen LogP) is 12.7. The number of fused-ring (bicyclic) bond motifs is 3. The summed E-state index contributed by atoms with van der Waals surface area (Å²) in [5.41, 5.74) is 14.0. The summed E-state index contributed by atoms with van der Waals surface area (Å²) in [5.74, 6) is 1.12. The van der Waals surface area contributed by atoms with Crippen molar-refractivity contribution in [2.45, 2.75) is 33.2 Å². The maximum absolute atomic E-state index is 6.13. The van der Waals surface area contributed by atoms with E-state index < -0.39 is 0 Å². The number of hydrogen-bond acceptors (Lipinski definition) is 2. The fraction of sp³-hybridized carbons (Fsp3) is 0.100. The molecule has 0 unspecified atom stereocenters. The second-order valence-electron chi connectivity index (χ2n) is 13.6. The maximum atomic E-state index is 6.13. The van der Waals surface area contributed by atoms with E-state index in [0.717, 1.165) is 79.3 Å². The lowest BCUT2D eigenvalue weighted by Crippen LogP contribution is -2.10. The van der Waals surface area contributed by atoms with Gasteiger partial charge in [0, 0.05) is 21.9 Å². The van der Waals surface area contributed by atoms with E-state index in [2.05, 4.69) is 159 Å². The molecule has 2 aliphatic carbocycles. The van der Waals surface area contributed by atoms with Crippen LogP contribution in [0.5, 0.6) is 0 Å². The molecule has 4 nitrogen and oxygen atoms in total. The number of furan rings is 1. The largest absolute Gasteiger partial charge is 0.456 e. The van der Waals surface area contributed by atoms with Gasteiger partial charge in [0.2, 0.25) is 0 Å². The number of rotatable bonds is 7. The summed E-state index contributed by atoms with van der Waals surface area (Å²) in [6.45, 7) is 8.80. The Bertz CT molecular complexity index is 2670. The highest BCUT2D eigenvalue weighted by Gasteiger charge is 2.20. The van der Waals surface area contributed by atoms with Crippen LogP contribution < -0.4 is 0 Å². The van der Waals surface area contributed by atoms with Crippen molar-refractivity contribution in [2.24, 2.45) is 15.0 Å². The third-order valence-corrected chi connectivity index (χ3v) is 10.1. The highest BCUT2D eigenvalue weighted by Crippen LogP contribution is 2.36. The van der Waals surface area contributed by atoms with Crippen LogP contribution in [0.2, 0.25) is 0 Å². The van der Waals surface area contributed by atoms with E-state index in [9.17, 15) is 0 Å². The number of aryl methyl sites for hydroxylation is 2. The van der Waals surface area contributed by atoms with Crippen LogP contribution in [-0.4, -0.2) is 18.4 Å². The number of benzene rings is 5. The average Bonchev–Trinajstić information content (AvgIpc) is 3.37. The summed E-state index contributed by atoms with van der Waals surface area (Å²) < 4.78 is 6.13. The molecule has 1 heterocycles. The van der Waals surface area contributed by atoms with E-state index in [1.54, 1.807) is 0 Å². The molecule has 0 bridgehead atoms. The lowest BCUT2D eigenvalue weighted by molar-refractivity contribution is 0.669. The van der Waals surface area contributed by atoms with Gasteiger partial charge in [-0.05, 0) is 102 Å². The van der Waals surface area contributed by atoms with Gasteiger partial charge < -0.3 is 4.42 Å². The second-order valence-corrected chi connectivity index (χ2v) is 13.6. The van der Waals surface area contributed by atoms with E-state index in [-0.39, 0.29) is 0 Å². The number of allylic oxidation sites excluding steroid dienone is 12. The molecule has 0 saturated carbocycles. The minimum Gasteiger partial charge on any atom is -0.456 e. The summed E-state index contributed by atoms with van der Waals surface area (Å²) in [6, 6.07) is 37.7. The van der Waals surface area contributed by atoms with Gasteiger partial charge in [0.15, 0.2) is 11.7 Å². The maximum Gasteiger partial charge on any atom is 0.161 e. The Labute approximate surface area is 317 Å². The molecule has 2 aliphatic rings. The summed E-state index contributed by atoms with van der Waals surface area (Å²) in [7, 11) is 0. The smallest absolute Gasteiger partial charge is 0.161 e. The zero-order valence-electron chi connectivity index (χ0n) is 30.7. The van der Waals surface area contributed by atoms with Crippen molar-refractivity contribution in [3.63, 3.8) is 0 Å². The Morgan fingerprint density at radius 3 is 2.28 bits per heavy atom. The van der Waals surface area contributed by atoms with Gasteiger partial charge in [-0.3, -0.25) is 4.99 Å². The minimum atomic E-state index is 0.417. The van der Waals surface area contributed by atoms with Crippen LogP contribution in [0.15, 0.2) is 194 Å². The lowest BCUT2D eigenvalue weighted by atomic mass is 9.88. The van der Waals surface area contributed by atoms with E-state index in [1.165, 1.54) is 16.7 Å². The van der Waals surface area contributed by atoms with Crippen LogP contribution in [0.1, 0.15) is 46.2 Å². The van der Waals surface area contributed by atoms with Crippen LogP contribution in [-0.2, 0) is 6.54 Å². The molecule has 54 heavy (non-hydrogen) atoms. The molecule has 0 N–H and O–H groups in total. The van der Waals surface area contributed by atoms with E-state index in [4.69, 9.17) is 14.4 Å². The molecule has 0 radical (unpaired) electrons. The quantitative estimate of drug-likeness (QED) is 0.121. The van der Waals surface area contributed by atoms with Gasteiger partial charge in [-0.25, -0.2) is 9.98 Å². The molecule has 262 valence electrons. The summed E-state index contributed by atoms with van der Waals surface area (Å²) in [6.07, 6.45) is 21.1. The van der Waals surface area contributed by atoms with Gasteiger partial charge >= 0.3 is 0 Å². The fourth-order valence-corrected chi connectivity index (χ4v) is 7.46. The van der Waals surface area contributed by atoms with Gasteiger partial charge in [-0.15, -0.1) is 0 Å². The Balaban J connectivity index is 1.31. The van der Waals surface area contributed by atoms with Crippen LogP contribution in [0, 0.1) is 13.8 Å². The van der Waals surface area contributed by atoms with Gasteiger partial charge in [0.05, 0.1) is 6.54 Å². The van der Waals surface area contributed by atoms with Crippen molar-refractivity contribution >= 4 is 45.9 Å². The van der Waals surface area contributed by atoms with E-state index >= 15 is 0 Å². The standard InChI is InChI=1S/C50H41N3O/c1-34-18-11-12-22-38(34)48-35(2)19-17-28-44(48)50(52-33-36-30-31-47-45(32-36)42-26-15-16-29-46(42)54-47)53-49(51-3)43-27-14-13-25-41(43)40-24-10-6-9-23-39(40)37-20-7-4-5-8-21-37/h4-20,22,24-32H,3,21,23,33H2,1-2H3/b52-50-,53-49-. The van der Waals surface area contributed by atoms with Crippen LogP contribution in [0.4, 0.5) is 0 Å².